The second-order valence-corrected chi connectivity index (χ2v) is 7.67. The smallest absolute Gasteiger partial charge is 0.236 e. The lowest BCUT2D eigenvalue weighted by Gasteiger charge is -2.26. The molecule has 1 amide bonds. The summed E-state index contributed by atoms with van der Waals surface area (Å²) in [5.74, 6) is 0.331. The maximum Gasteiger partial charge on any atom is 0.236 e. The Kier molecular flexibility index (Phi) is 3.75. The van der Waals surface area contributed by atoms with E-state index in [1.165, 1.54) is 0 Å². The molecule has 15 heavy (non-hydrogen) atoms. The van der Waals surface area contributed by atoms with E-state index in [9.17, 15) is 4.79 Å². The lowest BCUT2D eigenvalue weighted by Crippen LogP contribution is -2.38. The molecule has 88 valence electrons. The van der Waals surface area contributed by atoms with Crippen LogP contribution in [0.4, 0.5) is 0 Å². The average molecular weight is 229 g/mol. The molecule has 0 aromatic heterocycles. The van der Waals surface area contributed by atoms with Gasteiger partial charge in [-0.2, -0.15) is 0 Å². The van der Waals surface area contributed by atoms with Crippen LogP contribution in [0.5, 0.6) is 0 Å². The van der Waals surface area contributed by atoms with Crippen molar-refractivity contribution >= 4 is 17.7 Å². The van der Waals surface area contributed by atoms with Gasteiger partial charge in [-0.3, -0.25) is 4.79 Å². The highest BCUT2D eigenvalue weighted by Crippen LogP contribution is 2.37. The fourth-order valence-electron chi connectivity index (χ4n) is 2.20. The Hall–Kier alpha value is -0.180. The molecule has 2 unspecified atom stereocenters. The number of hydrogen-bond donors (Lipinski definition) is 0. The first-order valence-electron chi connectivity index (χ1n) is 5.72. The molecule has 1 heterocycles. The van der Waals surface area contributed by atoms with E-state index in [0.29, 0.717) is 18.0 Å². The number of amides is 1. The quantitative estimate of drug-likeness (QED) is 0.725. The molecule has 3 heteroatoms. The average Bonchev–Trinajstić information content (AvgIpc) is 2.23. The summed E-state index contributed by atoms with van der Waals surface area (Å²) >= 11 is 1.81. The predicted octanol–water partition coefficient (Wildman–Crippen LogP) is 2.92. The molecule has 1 rings (SSSR count). The summed E-state index contributed by atoms with van der Waals surface area (Å²) in [6.45, 7) is 12.9. The van der Waals surface area contributed by atoms with E-state index in [1.807, 2.05) is 4.90 Å². The topological polar surface area (TPSA) is 20.3 Å². The van der Waals surface area contributed by atoms with Gasteiger partial charge >= 0.3 is 0 Å². The van der Waals surface area contributed by atoms with Crippen LogP contribution < -0.4 is 0 Å². The molecule has 0 N–H and O–H groups in total. The SMILES string of the molecule is CC(C)N1C(=O)C(SC(C)(C)C)CC1C. The van der Waals surface area contributed by atoms with Crippen molar-refractivity contribution in [2.75, 3.05) is 0 Å². The van der Waals surface area contributed by atoms with E-state index < -0.39 is 0 Å². The van der Waals surface area contributed by atoms with Gasteiger partial charge in [0.15, 0.2) is 0 Å². The van der Waals surface area contributed by atoms with E-state index in [4.69, 9.17) is 0 Å². The van der Waals surface area contributed by atoms with Crippen LogP contribution >= 0.6 is 11.8 Å². The molecule has 0 aliphatic carbocycles. The van der Waals surface area contributed by atoms with Gasteiger partial charge in [-0.05, 0) is 27.2 Å². The van der Waals surface area contributed by atoms with Crippen molar-refractivity contribution in [2.45, 2.75) is 70.0 Å². The Morgan fingerprint density at radius 3 is 2.27 bits per heavy atom. The zero-order valence-electron chi connectivity index (χ0n) is 10.7. The van der Waals surface area contributed by atoms with Gasteiger partial charge < -0.3 is 4.90 Å². The number of thioether (sulfide) groups is 1. The number of hydrogen-bond acceptors (Lipinski definition) is 2. The molecule has 0 spiro atoms. The number of nitrogens with zero attached hydrogens (tertiary/aromatic N) is 1. The monoisotopic (exact) mass is 229 g/mol. The summed E-state index contributed by atoms with van der Waals surface area (Å²) < 4.78 is 0.174. The lowest BCUT2D eigenvalue weighted by atomic mass is 10.2. The van der Waals surface area contributed by atoms with Crippen molar-refractivity contribution in [3.05, 3.63) is 0 Å². The van der Waals surface area contributed by atoms with Crippen LogP contribution in [0.1, 0.15) is 48.0 Å². The van der Waals surface area contributed by atoms with Gasteiger partial charge in [0.25, 0.3) is 0 Å². The maximum atomic E-state index is 12.1. The van der Waals surface area contributed by atoms with Crippen LogP contribution in [-0.4, -0.2) is 32.9 Å². The van der Waals surface area contributed by atoms with Gasteiger partial charge in [0.05, 0.1) is 5.25 Å². The zero-order valence-corrected chi connectivity index (χ0v) is 11.5. The Morgan fingerprint density at radius 1 is 1.40 bits per heavy atom. The molecule has 2 atom stereocenters. The first-order chi connectivity index (χ1) is 6.72. The second-order valence-electron chi connectivity index (χ2n) is 5.64. The maximum absolute atomic E-state index is 12.1. The fraction of sp³-hybridized carbons (Fsp3) is 0.917. The minimum absolute atomic E-state index is 0.169. The van der Waals surface area contributed by atoms with Gasteiger partial charge in [-0.15, -0.1) is 11.8 Å². The molecule has 0 saturated carbocycles. The van der Waals surface area contributed by atoms with Crippen LogP contribution in [0.3, 0.4) is 0 Å². The van der Waals surface area contributed by atoms with Crippen molar-refractivity contribution in [2.24, 2.45) is 0 Å². The van der Waals surface area contributed by atoms with Crippen molar-refractivity contribution in [3.63, 3.8) is 0 Å². The van der Waals surface area contributed by atoms with Crippen LogP contribution in [-0.2, 0) is 4.79 Å². The molecule has 2 nitrogen and oxygen atoms in total. The third-order valence-corrected chi connectivity index (χ3v) is 4.00. The van der Waals surface area contributed by atoms with E-state index in [0.717, 1.165) is 6.42 Å². The Bertz CT molecular complexity index is 244. The first-order valence-corrected chi connectivity index (χ1v) is 6.60. The molecular weight excluding hydrogens is 206 g/mol. The van der Waals surface area contributed by atoms with Crippen LogP contribution in [0.2, 0.25) is 0 Å². The largest absolute Gasteiger partial charge is 0.337 e. The summed E-state index contributed by atoms with van der Waals surface area (Å²) in [6.07, 6.45) is 0.999. The van der Waals surface area contributed by atoms with Crippen LogP contribution in [0.15, 0.2) is 0 Å². The van der Waals surface area contributed by atoms with E-state index in [-0.39, 0.29) is 10.00 Å². The van der Waals surface area contributed by atoms with Gasteiger partial charge in [0.1, 0.15) is 0 Å². The number of rotatable bonds is 2. The molecule has 1 aliphatic rings. The molecule has 0 aromatic carbocycles. The Labute approximate surface area is 97.8 Å². The predicted molar refractivity (Wildman–Crippen MR) is 67.2 cm³/mol. The van der Waals surface area contributed by atoms with E-state index in [2.05, 4.69) is 41.5 Å². The summed E-state index contributed by atoms with van der Waals surface area (Å²) in [5.41, 5.74) is 0. The minimum Gasteiger partial charge on any atom is -0.337 e. The zero-order chi connectivity index (χ0) is 11.8. The number of likely N-dealkylation sites (tertiary alicyclic amines) is 1. The molecule has 1 saturated heterocycles. The summed E-state index contributed by atoms with van der Waals surface area (Å²) in [5, 5.41) is 0.169. The first kappa shape index (κ1) is 12.9. The summed E-state index contributed by atoms with van der Waals surface area (Å²) in [6, 6.07) is 0.732. The normalized spacial score (nSPS) is 27.9. The van der Waals surface area contributed by atoms with Crippen LogP contribution in [0.25, 0.3) is 0 Å². The third kappa shape index (κ3) is 3.13. The highest BCUT2D eigenvalue weighted by molar-refractivity contribution is 8.01. The van der Waals surface area contributed by atoms with E-state index >= 15 is 0 Å². The molecule has 1 aliphatic heterocycles. The van der Waals surface area contributed by atoms with Crippen molar-refractivity contribution in [1.29, 1.82) is 0 Å². The molecule has 0 aromatic rings. The van der Waals surface area contributed by atoms with Crippen molar-refractivity contribution in [3.8, 4) is 0 Å². The van der Waals surface area contributed by atoms with Gasteiger partial charge in [0, 0.05) is 16.8 Å². The van der Waals surface area contributed by atoms with E-state index in [1.54, 1.807) is 11.8 Å². The second kappa shape index (κ2) is 4.36. The number of carbonyl (C=O) groups excluding carboxylic acids is 1. The molecule has 1 fully saturated rings. The van der Waals surface area contributed by atoms with Crippen molar-refractivity contribution in [1.82, 2.24) is 4.90 Å². The van der Waals surface area contributed by atoms with Crippen LogP contribution in [0, 0.1) is 0 Å². The van der Waals surface area contributed by atoms with Gasteiger partial charge in [-0.25, -0.2) is 0 Å². The highest BCUT2D eigenvalue weighted by Gasteiger charge is 2.40. The Morgan fingerprint density at radius 2 is 1.93 bits per heavy atom. The lowest BCUT2D eigenvalue weighted by molar-refractivity contribution is -0.129. The third-order valence-electron chi connectivity index (χ3n) is 2.61. The number of carbonyl (C=O) groups is 1. The van der Waals surface area contributed by atoms with Crippen molar-refractivity contribution < 1.29 is 4.79 Å². The molecular formula is C12H23NOS. The standard InChI is InChI=1S/C12H23NOS/c1-8(2)13-9(3)7-10(11(13)14)15-12(4,5)6/h8-10H,7H2,1-6H3. The Balaban J connectivity index is 2.69. The highest BCUT2D eigenvalue weighted by atomic mass is 32.2. The summed E-state index contributed by atoms with van der Waals surface area (Å²) in [7, 11) is 0. The molecule has 0 bridgehead atoms. The van der Waals surface area contributed by atoms with Gasteiger partial charge in [0.2, 0.25) is 5.91 Å². The summed E-state index contributed by atoms with van der Waals surface area (Å²) in [4.78, 5) is 14.2. The fourth-order valence-corrected chi connectivity index (χ4v) is 3.65. The molecule has 0 radical (unpaired) electrons. The van der Waals surface area contributed by atoms with Gasteiger partial charge in [-0.1, -0.05) is 20.8 Å². The minimum atomic E-state index is 0.169.